The minimum Gasteiger partial charge on any atom is -0.356 e. The number of non-ortho nitro benzene ring substituents is 1. The van der Waals surface area contributed by atoms with Gasteiger partial charge < -0.3 is 9.88 Å². The number of hydrogen-bond donors (Lipinski definition) is 1. The van der Waals surface area contributed by atoms with E-state index in [0.717, 1.165) is 34.1 Å². The predicted molar refractivity (Wildman–Crippen MR) is 119 cm³/mol. The van der Waals surface area contributed by atoms with E-state index in [9.17, 15) is 14.9 Å². The van der Waals surface area contributed by atoms with Gasteiger partial charge in [0.05, 0.1) is 11.0 Å². The van der Waals surface area contributed by atoms with Gasteiger partial charge in [-0.1, -0.05) is 35.9 Å². The number of nitrogens with zero attached hydrogens (tertiary/aromatic N) is 2. The number of H-pyrrole nitrogens is 1. The van der Waals surface area contributed by atoms with Gasteiger partial charge in [0.1, 0.15) is 0 Å². The van der Waals surface area contributed by atoms with Crippen LogP contribution in [0.3, 0.4) is 0 Å². The number of rotatable bonds is 3. The number of nitrogens with one attached hydrogen (secondary N) is 1. The number of aromatic nitrogens is 1. The lowest BCUT2D eigenvalue weighted by Crippen LogP contribution is -2.40. The number of benzene rings is 3. The van der Waals surface area contributed by atoms with E-state index in [1.165, 1.54) is 17.7 Å². The lowest BCUT2D eigenvalue weighted by molar-refractivity contribution is -0.384. The van der Waals surface area contributed by atoms with Crippen molar-refractivity contribution >= 4 is 22.5 Å². The molecule has 1 N–H and O–H groups in total. The number of nitro groups is 1. The first-order chi connectivity index (χ1) is 15.0. The third kappa shape index (κ3) is 3.26. The van der Waals surface area contributed by atoms with Crippen molar-refractivity contribution in [2.75, 3.05) is 6.54 Å². The molecular weight excluding hydrogens is 390 g/mol. The number of fused-ring (bicyclic) bond motifs is 3. The van der Waals surface area contributed by atoms with E-state index in [1.807, 2.05) is 54.3 Å². The fourth-order valence-electron chi connectivity index (χ4n) is 4.53. The molecule has 0 fully saturated rings. The third-order valence-electron chi connectivity index (χ3n) is 5.98. The van der Waals surface area contributed by atoms with Gasteiger partial charge in [-0.3, -0.25) is 14.9 Å². The van der Waals surface area contributed by atoms with Crippen LogP contribution < -0.4 is 0 Å². The third-order valence-corrected chi connectivity index (χ3v) is 5.98. The van der Waals surface area contributed by atoms with Crippen LogP contribution in [-0.4, -0.2) is 27.3 Å². The van der Waals surface area contributed by atoms with Crippen molar-refractivity contribution in [3.8, 4) is 0 Å². The molecule has 1 atom stereocenters. The average molecular weight is 411 g/mol. The van der Waals surface area contributed by atoms with E-state index in [0.29, 0.717) is 12.1 Å². The molecule has 31 heavy (non-hydrogen) atoms. The fourth-order valence-corrected chi connectivity index (χ4v) is 4.53. The van der Waals surface area contributed by atoms with Crippen LogP contribution in [0.2, 0.25) is 0 Å². The van der Waals surface area contributed by atoms with Crippen LogP contribution in [0.15, 0.2) is 72.8 Å². The molecule has 1 aliphatic rings. The molecule has 1 aromatic heterocycles. The van der Waals surface area contributed by atoms with Crippen LogP contribution in [0.1, 0.15) is 38.8 Å². The monoisotopic (exact) mass is 411 g/mol. The maximum atomic E-state index is 13.5. The van der Waals surface area contributed by atoms with Crippen LogP contribution in [0.4, 0.5) is 5.69 Å². The zero-order valence-corrected chi connectivity index (χ0v) is 17.0. The second-order valence-electron chi connectivity index (χ2n) is 7.93. The Morgan fingerprint density at radius 3 is 2.58 bits per heavy atom. The lowest BCUT2D eigenvalue weighted by Gasteiger charge is -2.36. The highest BCUT2D eigenvalue weighted by atomic mass is 16.6. The Morgan fingerprint density at radius 2 is 1.84 bits per heavy atom. The largest absolute Gasteiger partial charge is 0.356 e. The normalized spacial score (nSPS) is 15.6. The number of carbonyl (C=O) groups is 1. The Labute approximate surface area is 179 Å². The van der Waals surface area contributed by atoms with E-state index in [-0.39, 0.29) is 17.6 Å². The molecule has 0 spiro atoms. The van der Waals surface area contributed by atoms with E-state index in [1.54, 1.807) is 12.1 Å². The summed E-state index contributed by atoms with van der Waals surface area (Å²) in [4.78, 5) is 29.7. The molecule has 0 radical (unpaired) electrons. The summed E-state index contributed by atoms with van der Waals surface area (Å²) in [6.45, 7) is 2.54. The molecule has 0 aliphatic carbocycles. The van der Waals surface area contributed by atoms with Crippen molar-refractivity contribution in [1.29, 1.82) is 0 Å². The van der Waals surface area contributed by atoms with Crippen LogP contribution >= 0.6 is 0 Å². The Bertz CT molecular complexity index is 1310. The van der Waals surface area contributed by atoms with Crippen molar-refractivity contribution in [2.24, 2.45) is 0 Å². The van der Waals surface area contributed by atoms with Crippen LogP contribution in [0.25, 0.3) is 10.9 Å². The summed E-state index contributed by atoms with van der Waals surface area (Å²) in [5.41, 5.74) is 5.76. The second-order valence-corrected chi connectivity index (χ2v) is 7.93. The number of hydrogen-bond acceptors (Lipinski definition) is 3. The number of nitro benzene ring substituents is 1. The highest BCUT2D eigenvalue weighted by Crippen LogP contribution is 2.39. The Kier molecular flexibility index (Phi) is 4.55. The molecule has 6 heteroatoms. The van der Waals surface area contributed by atoms with Gasteiger partial charge in [-0.15, -0.1) is 0 Å². The standard InChI is InChI=1S/C25H21N3O3/c1-16-5-4-6-18(15-16)25(29)27-14-13-21-20-7-2-3-8-22(20)26-23(21)24(27)17-9-11-19(12-10-17)28(30)31/h2-12,15,24,26H,13-14H2,1H3/t24-/m1/s1. The SMILES string of the molecule is Cc1cccc(C(=O)N2CCc3c([nH]c4ccccc34)[C@H]2c2ccc([N+](=O)[O-])cc2)c1. The molecule has 6 nitrogen and oxygen atoms in total. The first kappa shape index (κ1) is 19.1. The Balaban J connectivity index is 1.65. The van der Waals surface area contributed by atoms with Gasteiger partial charge in [-0.05, 0) is 54.8 Å². The molecule has 0 bridgehead atoms. The topological polar surface area (TPSA) is 79.2 Å². The van der Waals surface area contributed by atoms with Crippen LogP contribution in [-0.2, 0) is 6.42 Å². The first-order valence-corrected chi connectivity index (χ1v) is 10.2. The quantitative estimate of drug-likeness (QED) is 0.373. The number of amides is 1. The number of aryl methyl sites for hydroxylation is 1. The minimum absolute atomic E-state index is 0.0352. The van der Waals surface area contributed by atoms with Crippen molar-refractivity contribution in [3.05, 3.63) is 111 Å². The highest BCUT2D eigenvalue weighted by Gasteiger charge is 2.35. The molecule has 5 rings (SSSR count). The molecule has 154 valence electrons. The maximum Gasteiger partial charge on any atom is 0.269 e. The van der Waals surface area contributed by atoms with Crippen molar-refractivity contribution in [1.82, 2.24) is 9.88 Å². The number of aromatic amines is 1. The molecule has 0 unspecified atom stereocenters. The van der Waals surface area contributed by atoms with Gasteiger partial charge in [0.15, 0.2) is 0 Å². The van der Waals surface area contributed by atoms with Gasteiger partial charge >= 0.3 is 0 Å². The zero-order chi connectivity index (χ0) is 21.5. The second kappa shape index (κ2) is 7.40. The summed E-state index contributed by atoms with van der Waals surface area (Å²) >= 11 is 0. The van der Waals surface area contributed by atoms with Gasteiger partial charge in [-0.2, -0.15) is 0 Å². The molecular formula is C25H21N3O3. The highest BCUT2D eigenvalue weighted by molar-refractivity contribution is 5.95. The molecule has 0 saturated carbocycles. The summed E-state index contributed by atoms with van der Waals surface area (Å²) in [6, 6.07) is 21.9. The van der Waals surface area contributed by atoms with E-state index < -0.39 is 4.92 Å². The summed E-state index contributed by atoms with van der Waals surface area (Å²) in [5.74, 6) is -0.0450. The van der Waals surface area contributed by atoms with Crippen LogP contribution in [0, 0.1) is 17.0 Å². The predicted octanol–water partition coefficient (Wildman–Crippen LogP) is 5.17. The number of para-hydroxylation sites is 1. The van der Waals surface area contributed by atoms with Gasteiger partial charge in [0.2, 0.25) is 0 Å². The molecule has 2 heterocycles. The van der Waals surface area contributed by atoms with Crippen molar-refractivity contribution in [3.63, 3.8) is 0 Å². The molecule has 3 aromatic carbocycles. The van der Waals surface area contributed by atoms with Crippen molar-refractivity contribution in [2.45, 2.75) is 19.4 Å². The van der Waals surface area contributed by atoms with Gasteiger partial charge in [0.25, 0.3) is 11.6 Å². The first-order valence-electron chi connectivity index (χ1n) is 10.2. The summed E-state index contributed by atoms with van der Waals surface area (Å²) in [7, 11) is 0. The summed E-state index contributed by atoms with van der Waals surface area (Å²) in [6.07, 6.45) is 0.750. The van der Waals surface area contributed by atoms with Gasteiger partial charge in [-0.25, -0.2) is 0 Å². The Hall–Kier alpha value is -3.93. The Morgan fingerprint density at radius 1 is 1.06 bits per heavy atom. The van der Waals surface area contributed by atoms with E-state index >= 15 is 0 Å². The lowest BCUT2D eigenvalue weighted by atomic mass is 9.91. The van der Waals surface area contributed by atoms with Gasteiger partial charge in [0, 0.05) is 40.8 Å². The minimum atomic E-state index is -0.408. The molecule has 0 saturated heterocycles. The maximum absolute atomic E-state index is 13.5. The number of carbonyl (C=O) groups excluding carboxylic acids is 1. The zero-order valence-electron chi connectivity index (χ0n) is 17.0. The average Bonchev–Trinajstić information content (AvgIpc) is 3.17. The van der Waals surface area contributed by atoms with E-state index in [2.05, 4.69) is 11.1 Å². The molecule has 1 aliphatic heterocycles. The molecule has 4 aromatic rings. The van der Waals surface area contributed by atoms with Crippen LogP contribution in [0.5, 0.6) is 0 Å². The van der Waals surface area contributed by atoms with Crippen molar-refractivity contribution < 1.29 is 9.72 Å². The fraction of sp³-hybridized carbons (Fsp3) is 0.160. The smallest absolute Gasteiger partial charge is 0.269 e. The summed E-state index contributed by atoms with van der Waals surface area (Å²) in [5, 5.41) is 12.3. The summed E-state index contributed by atoms with van der Waals surface area (Å²) < 4.78 is 0. The van der Waals surface area contributed by atoms with E-state index in [4.69, 9.17) is 0 Å². The molecule has 1 amide bonds.